The molecule has 1 atom stereocenters. The predicted octanol–water partition coefficient (Wildman–Crippen LogP) is 1.51. The SMILES string of the molecule is CON=C1C2CC(C2)C[C@@H]1CC(=O)O. The molecule has 14 heavy (non-hydrogen) atoms. The van der Waals surface area contributed by atoms with Crippen molar-refractivity contribution in [3.63, 3.8) is 0 Å². The van der Waals surface area contributed by atoms with E-state index >= 15 is 0 Å². The van der Waals surface area contributed by atoms with Gasteiger partial charge in [0.15, 0.2) is 0 Å². The van der Waals surface area contributed by atoms with Gasteiger partial charge in [-0.25, -0.2) is 0 Å². The summed E-state index contributed by atoms with van der Waals surface area (Å²) in [6, 6.07) is 0. The van der Waals surface area contributed by atoms with E-state index in [1.807, 2.05) is 0 Å². The molecule has 3 aliphatic carbocycles. The molecule has 0 spiro atoms. The van der Waals surface area contributed by atoms with Gasteiger partial charge in [-0.3, -0.25) is 4.79 Å². The van der Waals surface area contributed by atoms with Crippen molar-refractivity contribution in [3.05, 3.63) is 0 Å². The van der Waals surface area contributed by atoms with Crippen LogP contribution in [0.4, 0.5) is 0 Å². The minimum absolute atomic E-state index is 0.116. The minimum atomic E-state index is -0.736. The zero-order valence-electron chi connectivity index (χ0n) is 8.27. The smallest absolute Gasteiger partial charge is 0.304 e. The second-order valence-corrected chi connectivity index (χ2v) is 4.26. The fraction of sp³-hybridized carbons (Fsp3) is 0.800. The van der Waals surface area contributed by atoms with Gasteiger partial charge in [0.1, 0.15) is 7.11 Å². The number of carbonyl (C=O) groups is 1. The van der Waals surface area contributed by atoms with Gasteiger partial charge in [0.2, 0.25) is 0 Å². The molecule has 0 unspecified atom stereocenters. The molecule has 3 aliphatic rings. The predicted molar refractivity (Wildman–Crippen MR) is 51.0 cm³/mol. The maximum absolute atomic E-state index is 10.6. The number of carboxylic acid groups (broad SMARTS) is 1. The molecule has 0 aromatic carbocycles. The van der Waals surface area contributed by atoms with Crippen molar-refractivity contribution >= 4 is 11.7 Å². The summed E-state index contributed by atoms with van der Waals surface area (Å²) >= 11 is 0. The fourth-order valence-corrected chi connectivity index (χ4v) is 2.68. The Morgan fingerprint density at radius 2 is 2.29 bits per heavy atom. The molecule has 4 nitrogen and oxygen atoms in total. The number of nitrogens with zero attached hydrogens (tertiary/aromatic N) is 1. The summed E-state index contributed by atoms with van der Waals surface area (Å²) < 4.78 is 0. The first-order valence-electron chi connectivity index (χ1n) is 5.03. The molecule has 3 saturated carbocycles. The van der Waals surface area contributed by atoms with Crippen LogP contribution >= 0.6 is 0 Å². The van der Waals surface area contributed by atoms with E-state index in [4.69, 9.17) is 9.94 Å². The van der Waals surface area contributed by atoms with Crippen LogP contribution in [0.2, 0.25) is 0 Å². The van der Waals surface area contributed by atoms with Crippen LogP contribution < -0.4 is 0 Å². The Morgan fingerprint density at radius 3 is 2.86 bits per heavy atom. The summed E-state index contributed by atoms with van der Waals surface area (Å²) in [5.41, 5.74) is 0.984. The Hall–Kier alpha value is -1.06. The van der Waals surface area contributed by atoms with Crippen molar-refractivity contribution in [2.45, 2.75) is 25.7 Å². The average Bonchev–Trinajstić information content (AvgIpc) is 2.04. The van der Waals surface area contributed by atoms with E-state index in [0.717, 1.165) is 18.1 Å². The van der Waals surface area contributed by atoms with Gasteiger partial charge in [0.25, 0.3) is 0 Å². The lowest BCUT2D eigenvalue weighted by molar-refractivity contribution is -0.138. The quantitative estimate of drug-likeness (QED) is 0.697. The molecule has 0 aliphatic heterocycles. The van der Waals surface area contributed by atoms with Gasteiger partial charge in [0, 0.05) is 11.8 Å². The average molecular weight is 197 g/mol. The third-order valence-electron chi connectivity index (χ3n) is 3.31. The first-order valence-corrected chi connectivity index (χ1v) is 5.03. The normalized spacial score (nSPS) is 37.8. The highest BCUT2D eigenvalue weighted by Gasteiger charge is 2.44. The Kier molecular flexibility index (Phi) is 2.44. The third-order valence-corrected chi connectivity index (χ3v) is 3.31. The standard InChI is InChI=1S/C10H15NO3/c1-14-11-10-7-2-6(3-7)4-8(10)5-9(12)13/h6-8H,2-5H2,1H3,(H,12,13)/t6?,7?,8-/m1/s1. The summed E-state index contributed by atoms with van der Waals surface area (Å²) in [6.45, 7) is 0. The highest BCUT2D eigenvalue weighted by Crippen LogP contribution is 2.47. The van der Waals surface area contributed by atoms with Gasteiger partial charge in [-0.05, 0) is 25.2 Å². The zero-order chi connectivity index (χ0) is 10.1. The first-order chi connectivity index (χ1) is 6.70. The van der Waals surface area contributed by atoms with Crippen molar-refractivity contribution in [2.24, 2.45) is 22.9 Å². The molecular weight excluding hydrogens is 182 g/mol. The highest BCUT2D eigenvalue weighted by atomic mass is 16.6. The Morgan fingerprint density at radius 1 is 1.57 bits per heavy atom. The van der Waals surface area contributed by atoms with E-state index in [9.17, 15) is 4.79 Å². The lowest BCUT2D eigenvalue weighted by Gasteiger charge is -2.45. The van der Waals surface area contributed by atoms with E-state index in [1.54, 1.807) is 0 Å². The molecular formula is C10H15NO3. The van der Waals surface area contributed by atoms with E-state index in [2.05, 4.69) is 5.16 Å². The highest BCUT2D eigenvalue weighted by molar-refractivity contribution is 5.92. The number of rotatable bonds is 3. The summed E-state index contributed by atoms with van der Waals surface area (Å²) in [5.74, 6) is 0.614. The van der Waals surface area contributed by atoms with Crippen LogP contribution in [0, 0.1) is 17.8 Å². The second kappa shape index (κ2) is 3.59. The molecule has 0 amide bonds. The number of fused-ring (bicyclic) bond motifs is 2. The van der Waals surface area contributed by atoms with E-state index in [1.165, 1.54) is 20.0 Å². The zero-order valence-corrected chi connectivity index (χ0v) is 8.27. The maximum Gasteiger partial charge on any atom is 0.304 e. The van der Waals surface area contributed by atoms with Crippen LogP contribution in [0.1, 0.15) is 25.7 Å². The number of aliphatic carboxylic acids is 1. The summed E-state index contributed by atoms with van der Waals surface area (Å²) in [7, 11) is 1.52. The number of hydrogen-bond acceptors (Lipinski definition) is 3. The van der Waals surface area contributed by atoms with Gasteiger partial charge in [-0.15, -0.1) is 0 Å². The monoisotopic (exact) mass is 197 g/mol. The Labute approximate surface area is 82.9 Å². The number of oxime groups is 1. The molecule has 78 valence electrons. The summed E-state index contributed by atoms with van der Waals surface area (Å²) in [6.07, 6.45) is 3.54. The Bertz CT molecular complexity index is 269. The topological polar surface area (TPSA) is 58.9 Å². The third kappa shape index (κ3) is 1.61. The van der Waals surface area contributed by atoms with Crippen LogP contribution in [0.25, 0.3) is 0 Å². The van der Waals surface area contributed by atoms with Crippen LogP contribution in [0.5, 0.6) is 0 Å². The van der Waals surface area contributed by atoms with Crippen LogP contribution in [0.3, 0.4) is 0 Å². The minimum Gasteiger partial charge on any atom is -0.481 e. The molecule has 0 aromatic rings. The number of hydrogen-bond donors (Lipinski definition) is 1. The van der Waals surface area contributed by atoms with Crippen LogP contribution in [0.15, 0.2) is 5.16 Å². The summed E-state index contributed by atoms with van der Waals surface area (Å²) in [5, 5.41) is 12.7. The van der Waals surface area contributed by atoms with Crippen molar-refractivity contribution in [3.8, 4) is 0 Å². The first kappa shape index (κ1) is 9.49. The second-order valence-electron chi connectivity index (χ2n) is 4.26. The molecule has 1 N–H and O–H groups in total. The van der Waals surface area contributed by atoms with Gasteiger partial charge >= 0.3 is 5.97 Å². The maximum atomic E-state index is 10.6. The van der Waals surface area contributed by atoms with E-state index in [0.29, 0.717) is 5.92 Å². The lowest BCUT2D eigenvalue weighted by atomic mass is 9.59. The van der Waals surface area contributed by atoms with Crippen molar-refractivity contribution in [2.75, 3.05) is 7.11 Å². The molecule has 0 heterocycles. The fourth-order valence-electron chi connectivity index (χ4n) is 2.68. The Balaban J connectivity index is 2.07. The van der Waals surface area contributed by atoms with Gasteiger partial charge in [-0.2, -0.15) is 0 Å². The number of carboxylic acids is 1. The van der Waals surface area contributed by atoms with Crippen LogP contribution in [-0.2, 0) is 9.63 Å². The molecule has 0 radical (unpaired) electrons. The molecule has 0 aromatic heterocycles. The van der Waals surface area contributed by atoms with E-state index < -0.39 is 5.97 Å². The summed E-state index contributed by atoms with van der Waals surface area (Å²) in [4.78, 5) is 15.4. The molecule has 0 saturated heterocycles. The van der Waals surface area contributed by atoms with Crippen molar-refractivity contribution in [1.29, 1.82) is 0 Å². The van der Waals surface area contributed by atoms with Crippen molar-refractivity contribution in [1.82, 2.24) is 0 Å². The molecule has 4 heteroatoms. The van der Waals surface area contributed by atoms with E-state index in [-0.39, 0.29) is 12.3 Å². The lowest BCUT2D eigenvalue weighted by Crippen LogP contribution is -2.43. The van der Waals surface area contributed by atoms with Gasteiger partial charge < -0.3 is 9.94 Å². The molecule has 3 rings (SSSR count). The van der Waals surface area contributed by atoms with Crippen LogP contribution in [-0.4, -0.2) is 23.9 Å². The molecule has 3 fully saturated rings. The van der Waals surface area contributed by atoms with Crippen molar-refractivity contribution < 1.29 is 14.7 Å². The van der Waals surface area contributed by atoms with Gasteiger partial charge in [0.05, 0.1) is 12.1 Å². The largest absolute Gasteiger partial charge is 0.481 e. The van der Waals surface area contributed by atoms with Gasteiger partial charge in [-0.1, -0.05) is 5.16 Å². The molecule has 2 bridgehead atoms.